The van der Waals surface area contributed by atoms with Crippen molar-refractivity contribution in [3.63, 3.8) is 0 Å². The number of ether oxygens (including phenoxy) is 1. The Hall–Kier alpha value is -0.620. The highest BCUT2D eigenvalue weighted by molar-refractivity contribution is 9.10. The van der Waals surface area contributed by atoms with Crippen LogP contribution in [0.4, 0.5) is 0 Å². The van der Waals surface area contributed by atoms with E-state index in [1.807, 2.05) is 0 Å². The molecule has 2 rings (SSSR count). The molecule has 1 fully saturated rings. The van der Waals surface area contributed by atoms with Crippen LogP contribution in [0.1, 0.15) is 59.8 Å². The van der Waals surface area contributed by atoms with Gasteiger partial charge in [0, 0.05) is 17.1 Å². The van der Waals surface area contributed by atoms with Gasteiger partial charge in [-0.15, -0.1) is 0 Å². The zero-order chi connectivity index (χ0) is 15.6. The maximum Gasteiger partial charge on any atom is 0.339 e. The van der Waals surface area contributed by atoms with Crippen molar-refractivity contribution in [2.24, 2.45) is 0 Å². The molecule has 1 aliphatic carbocycles. The quantitative estimate of drug-likeness (QED) is 0.546. The molecule has 4 nitrogen and oxygen atoms in total. The minimum atomic E-state index is -0.396. The predicted octanol–water partition coefficient (Wildman–Crippen LogP) is 4.11. The Labute approximate surface area is 141 Å². The van der Waals surface area contributed by atoms with E-state index < -0.39 is 5.97 Å². The summed E-state index contributed by atoms with van der Waals surface area (Å²) in [6.07, 6.45) is 5.42. The van der Waals surface area contributed by atoms with Gasteiger partial charge in [0.1, 0.15) is 0 Å². The molecule has 6 heteroatoms. The van der Waals surface area contributed by atoms with Crippen LogP contribution in [0.2, 0.25) is 0 Å². The third kappa shape index (κ3) is 3.11. The Balaban J connectivity index is 2.70. The van der Waals surface area contributed by atoms with Crippen molar-refractivity contribution in [3.05, 3.63) is 31.6 Å². The second kappa shape index (κ2) is 7.09. The highest BCUT2D eigenvalue weighted by Gasteiger charge is 2.27. The number of rotatable bonds is 3. The van der Waals surface area contributed by atoms with E-state index in [4.69, 9.17) is 4.74 Å². The lowest BCUT2D eigenvalue weighted by Crippen LogP contribution is -2.32. The number of alkyl halides is 1. The van der Waals surface area contributed by atoms with Crippen molar-refractivity contribution < 1.29 is 9.53 Å². The molecule has 0 atom stereocenters. The molecule has 0 unspecified atom stereocenters. The van der Waals surface area contributed by atoms with Crippen LogP contribution in [-0.4, -0.2) is 17.6 Å². The lowest BCUT2D eigenvalue weighted by molar-refractivity contribution is 0.0597. The molecule has 1 aromatic rings. The maximum atomic E-state index is 12.7. The summed E-state index contributed by atoms with van der Waals surface area (Å²) < 4.78 is 7.15. The average Bonchev–Trinajstić information content (AvgIpc) is 2.52. The van der Waals surface area contributed by atoms with E-state index in [0.29, 0.717) is 20.9 Å². The van der Waals surface area contributed by atoms with Gasteiger partial charge in [-0.3, -0.25) is 4.79 Å². The number of methoxy groups -OCH3 is 1. The first-order valence-corrected chi connectivity index (χ1v) is 9.02. The Kier molecular flexibility index (Phi) is 5.66. The molecule has 0 aliphatic heterocycles. The van der Waals surface area contributed by atoms with Crippen LogP contribution in [0.3, 0.4) is 0 Å². The normalized spacial score (nSPS) is 16.0. The number of esters is 1. The van der Waals surface area contributed by atoms with E-state index in [1.165, 1.54) is 13.5 Å². The first-order valence-electron chi connectivity index (χ1n) is 7.10. The molecule has 0 N–H and O–H groups in total. The van der Waals surface area contributed by atoms with Crippen molar-refractivity contribution in [2.45, 2.75) is 50.4 Å². The molecule has 0 aromatic carbocycles. The molecule has 1 aliphatic rings. The minimum absolute atomic E-state index is 0.0542. The van der Waals surface area contributed by atoms with Crippen LogP contribution in [0.5, 0.6) is 0 Å². The van der Waals surface area contributed by atoms with Crippen molar-refractivity contribution >= 4 is 37.8 Å². The number of aromatic nitrogens is 1. The molecule has 0 saturated heterocycles. The number of carbonyl (C=O) groups is 1. The standard InChI is InChI=1S/C15H19Br2NO3/c1-9-12(15(20)21-2)11(8-16)18(14(19)13(9)17)10-6-4-3-5-7-10/h10H,3-8H2,1-2H3. The number of nitrogens with zero attached hydrogens (tertiary/aromatic N) is 1. The van der Waals surface area contributed by atoms with Gasteiger partial charge in [0.25, 0.3) is 5.56 Å². The Morgan fingerprint density at radius 1 is 1.33 bits per heavy atom. The molecule has 1 aromatic heterocycles. The molecule has 0 amide bonds. The zero-order valence-corrected chi connectivity index (χ0v) is 15.4. The number of hydrogen-bond acceptors (Lipinski definition) is 3. The zero-order valence-electron chi connectivity index (χ0n) is 12.2. The van der Waals surface area contributed by atoms with Gasteiger partial charge in [0.15, 0.2) is 0 Å². The third-order valence-corrected chi connectivity index (χ3v) is 5.61. The van der Waals surface area contributed by atoms with Gasteiger partial charge >= 0.3 is 5.97 Å². The monoisotopic (exact) mass is 419 g/mol. The third-order valence-electron chi connectivity index (χ3n) is 4.15. The smallest absolute Gasteiger partial charge is 0.339 e. The summed E-state index contributed by atoms with van der Waals surface area (Å²) >= 11 is 6.79. The van der Waals surface area contributed by atoms with E-state index in [-0.39, 0.29) is 11.6 Å². The SMILES string of the molecule is COC(=O)c1c(C)c(Br)c(=O)n(C2CCCCC2)c1CBr. The van der Waals surface area contributed by atoms with Crippen LogP contribution in [0.15, 0.2) is 9.27 Å². The van der Waals surface area contributed by atoms with E-state index in [0.717, 1.165) is 31.4 Å². The topological polar surface area (TPSA) is 48.3 Å². The van der Waals surface area contributed by atoms with Gasteiger partial charge in [0.05, 0.1) is 17.1 Å². The summed E-state index contributed by atoms with van der Waals surface area (Å²) in [7, 11) is 1.36. The number of pyridine rings is 1. The molecule has 0 spiro atoms. The second-order valence-electron chi connectivity index (χ2n) is 5.35. The fourth-order valence-corrected chi connectivity index (χ4v) is 4.00. The van der Waals surface area contributed by atoms with Gasteiger partial charge in [-0.2, -0.15) is 0 Å². The van der Waals surface area contributed by atoms with Crippen LogP contribution in [0.25, 0.3) is 0 Å². The minimum Gasteiger partial charge on any atom is -0.465 e. The molecular formula is C15H19Br2NO3. The molecule has 1 saturated carbocycles. The van der Waals surface area contributed by atoms with E-state index in [9.17, 15) is 9.59 Å². The number of carbonyl (C=O) groups excluding carboxylic acids is 1. The molecule has 1 heterocycles. The van der Waals surface area contributed by atoms with Crippen molar-refractivity contribution in [1.29, 1.82) is 0 Å². The highest BCUT2D eigenvalue weighted by Crippen LogP contribution is 2.32. The molecule has 0 radical (unpaired) electrons. The lowest BCUT2D eigenvalue weighted by Gasteiger charge is -2.28. The Morgan fingerprint density at radius 2 is 1.95 bits per heavy atom. The van der Waals surface area contributed by atoms with Crippen LogP contribution < -0.4 is 5.56 Å². The number of hydrogen-bond donors (Lipinski definition) is 0. The summed E-state index contributed by atoms with van der Waals surface area (Å²) in [6, 6.07) is 0.166. The predicted molar refractivity (Wildman–Crippen MR) is 89.2 cm³/mol. The van der Waals surface area contributed by atoms with Crippen LogP contribution in [0, 0.1) is 6.92 Å². The Morgan fingerprint density at radius 3 is 2.48 bits per heavy atom. The van der Waals surface area contributed by atoms with Crippen molar-refractivity contribution in [3.8, 4) is 0 Å². The summed E-state index contributed by atoms with van der Waals surface area (Å²) in [5.41, 5.74) is 1.81. The van der Waals surface area contributed by atoms with Crippen molar-refractivity contribution in [1.82, 2.24) is 4.57 Å². The molecule has 116 valence electrons. The fraction of sp³-hybridized carbons (Fsp3) is 0.600. The summed E-state index contributed by atoms with van der Waals surface area (Å²) in [4.78, 5) is 24.8. The summed E-state index contributed by atoms with van der Waals surface area (Å²) in [6.45, 7) is 1.77. The van der Waals surface area contributed by atoms with E-state index in [1.54, 1.807) is 11.5 Å². The maximum absolute atomic E-state index is 12.7. The van der Waals surface area contributed by atoms with Gasteiger partial charge in [-0.05, 0) is 41.3 Å². The molecular weight excluding hydrogens is 402 g/mol. The van der Waals surface area contributed by atoms with E-state index in [2.05, 4.69) is 31.9 Å². The average molecular weight is 421 g/mol. The summed E-state index contributed by atoms with van der Waals surface area (Å²) in [5.74, 6) is -0.396. The van der Waals surface area contributed by atoms with E-state index >= 15 is 0 Å². The van der Waals surface area contributed by atoms with Gasteiger partial charge in [0.2, 0.25) is 0 Å². The van der Waals surface area contributed by atoms with Crippen molar-refractivity contribution in [2.75, 3.05) is 7.11 Å². The van der Waals surface area contributed by atoms with Crippen LogP contribution in [-0.2, 0) is 10.1 Å². The molecule has 21 heavy (non-hydrogen) atoms. The fourth-order valence-electron chi connectivity index (χ4n) is 3.06. The molecule has 0 bridgehead atoms. The first kappa shape index (κ1) is 16.7. The van der Waals surface area contributed by atoms with Gasteiger partial charge in [-0.1, -0.05) is 35.2 Å². The highest BCUT2D eigenvalue weighted by atomic mass is 79.9. The van der Waals surface area contributed by atoms with Gasteiger partial charge < -0.3 is 9.30 Å². The van der Waals surface area contributed by atoms with Gasteiger partial charge in [-0.25, -0.2) is 4.79 Å². The second-order valence-corrected chi connectivity index (χ2v) is 6.71. The van der Waals surface area contributed by atoms with Crippen LogP contribution >= 0.6 is 31.9 Å². The first-order chi connectivity index (χ1) is 10.0. The largest absolute Gasteiger partial charge is 0.465 e. The Bertz CT molecular complexity index is 604. The summed E-state index contributed by atoms with van der Waals surface area (Å²) in [5, 5.41) is 0.456. The lowest BCUT2D eigenvalue weighted by atomic mass is 9.94. The number of halogens is 2.